The number of hydrogen-bond acceptors (Lipinski definition) is 1. The summed E-state index contributed by atoms with van der Waals surface area (Å²) in [6.45, 7) is 2.26. The van der Waals surface area contributed by atoms with E-state index in [0.717, 1.165) is 31.7 Å². The van der Waals surface area contributed by atoms with Crippen molar-refractivity contribution < 1.29 is 4.74 Å². The van der Waals surface area contributed by atoms with Crippen LogP contribution in [0, 0.1) is 0 Å². The van der Waals surface area contributed by atoms with Crippen molar-refractivity contribution in [2.45, 2.75) is 12.5 Å². The standard InChI is InChI=1S/C35H26NOP/c1-2-38-24-20-21-30-28(22-24)25-14-6-9-17-29(25)35(30)34-33(27-16-8-11-19-32(27)37-35)26-15-7-10-18-31(26)36(34)23-12-4-3-5-13-23/h3-22,38H,2H2,1H3. The summed E-state index contributed by atoms with van der Waals surface area (Å²) in [7, 11) is 0.800. The molecule has 2 heterocycles. The van der Waals surface area contributed by atoms with Crippen LogP contribution in [0.25, 0.3) is 38.8 Å². The predicted molar refractivity (Wildman–Crippen MR) is 160 cm³/mol. The average Bonchev–Trinajstić information content (AvgIpc) is 3.46. The Morgan fingerprint density at radius 3 is 2.26 bits per heavy atom. The zero-order valence-corrected chi connectivity index (χ0v) is 22.1. The third kappa shape index (κ3) is 2.81. The highest BCUT2D eigenvalue weighted by Gasteiger charge is 2.53. The first kappa shape index (κ1) is 21.9. The van der Waals surface area contributed by atoms with Crippen LogP contribution in [0.5, 0.6) is 5.75 Å². The normalized spacial score (nSPS) is 16.9. The first-order valence-corrected chi connectivity index (χ1v) is 14.5. The lowest BCUT2D eigenvalue weighted by molar-refractivity contribution is 0.150. The van der Waals surface area contributed by atoms with Gasteiger partial charge in [0.05, 0.1) is 11.2 Å². The number of rotatable bonds is 3. The Bertz CT molecular complexity index is 1840. The monoisotopic (exact) mass is 507 g/mol. The predicted octanol–water partition coefficient (Wildman–Crippen LogP) is 8.29. The Balaban J connectivity index is 1.59. The summed E-state index contributed by atoms with van der Waals surface area (Å²) < 4.78 is 9.77. The highest BCUT2D eigenvalue weighted by atomic mass is 31.1. The smallest absolute Gasteiger partial charge is 0.201 e. The van der Waals surface area contributed by atoms with Crippen molar-refractivity contribution in [2.75, 3.05) is 6.16 Å². The summed E-state index contributed by atoms with van der Waals surface area (Å²) in [6.07, 6.45) is 1.15. The molecular weight excluding hydrogens is 481 g/mol. The fraction of sp³-hybridized carbons (Fsp3) is 0.0857. The second-order valence-electron chi connectivity index (χ2n) is 10.0. The molecule has 2 aliphatic rings. The number of aromatic nitrogens is 1. The number of fused-ring (bicyclic) bond motifs is 11. The number of hydrogen-bond donors (Lipinski definition) is 0. The van der Waals surface area contributed by atoms with E-state index in [1.807, 2.05) is 0 Å². The van der Waals surface area contributed by atoms with Crippen LogP contribution in [-0.2, 0) is 5.60 Å². The zero-order chi connectivity index (χ0) is 25.3. The van der Waals surface area contributed by atoms with Gasteiger partial charge in [-0.15, -0.1) is 0 Å². The van der Waals surface area contributed by atoms with E-state index in [-0.39, 0.29) is 0 Å². The maximum absolute atomic E-state index is 7.33. The Morgan fingerprint density at radius 1 is 0.684 bits per heavy atom. The quantitative estimate of drug-likeness (QED) is 0.220. The summed E-state index contributed by atoms with van der Waals surface area (Å²) in [5, 5.41) is 2.65. The minimum atomic E-state index is -0.766. The molecule has 0 fully saturated rings. The van der Waals surface area contributed by atoms with Gasteiger partial charge in [0.15, 0.2) is 0 Å². The van der Waals surface area contributed by atoms with Gasteiger partial charge in [0.2, 0.25) is 5.60 Å². The van der Waals surface area contributed by atoms with E-state index in [2.05, 4.69) is 133 Å². The SMILES string of the molecule is CCPc1ccc2c(c1)-c1ccccc1C21Oc2ccccc2-c2c1n(-c1ccccc1)c1ccccc21. The fourth-order valence-electron chi connectivity index (χ4n) is 6.59. The fourth-order valence-corrected chi connectivity index (χ4v) is 7.45. The molecule has 38 heavy (non-hydrogen) atoms. The molecule has 5 aromatic carbocycles. The van der Waals surface area contributed by atoms with Crippen LogP contribution in [0.3, 0.4) is 0 Å². The third-order valence-corrected chi connectivity index (χ3v) is 9.09. The Labute approximate surface area is 224 Å². The van der Waals surface area contributed by atoms with Gasteiger partial charge in [-0.05, 0) is 52.9 Å². The van der Waals surface area contributed by atoms with Crippen LogP contribution in [0.1, 0.15) is 23.7 Å². The maximum Gasteiger partial charge on any atom is 0.201 e. The molecule has 2 atom stereocenters. The minimum absolute atomic E-state index is 0.766. The minimum Gasteiger partial charge on any atom is -0.471 e. The Morgan fingerprint density at radius 2 is 1.39 bits per heavy atom. The van der Waals surface area contributed by atoms with Gasteiger partial charge in [0.1, 0.15) is 5.75 Å². The van der Waals surface area contributed by atoms with Gasteiger partial charge >= 0.3 is 0 Å². The van der Waals surface area contributed by atoms with Gasteiger partial charge in [-0.2, -0.15) is 0 Å². The molecule has 1 aliphatic carbocycles. The largest absolute Gasteiger partial charge is 0.471 e. The highest BCUT2D eigenvalue weighted by Crippen LogP contribution is 2.60. The summed E-state index contributed by atoms with van der Waals surface area (Å²) in [6, 6.07) is 43.9. The van der Waals surface area contributed by atoms with Crippen molar-refractivity contribution in [2.24, 2.45) is 0 Å². The van der Waals surface area contributed by atoms with Gasteiger partial charge in [-0.1, -0.05) is 106 Å². The average molecular weight is 508 g/mol. The molecule has 6 aromatic rings. The lowest BCUT2D eigenvalue weighted by Gasteiger charge is -2.39. The molecule has 0 amide bonds. The topological polar surface area (TPSA) is 14.2 Å². The van der Waals surface area contributed by atoms with Gasteiger partial charge in [-0.25, -0.2) is 0 Å². The second-order valence-corrected chi connectivity index (χ2v) is 11.7. The first-order chi connectivity index (χ1) is 18.8. The van der Waals surface area contributed by atoms with Gasteiger partial charge in [0.25, 0.3) is 0 Å². The van der Waals surface area contributed by atoms with E-state index < -0.39 is 5.60 Å². The van der Waals surface area contributed by atoms with Crippen molar-refractivity contribution in [1.29, 1.82) is 0 Å². The molecule has 1 aliphatic heterocycles. The summed E-state index contributed by atoms with van der Waals surface area (Å²) in [5.74, 6) is 0.929. The maximum atomic E-state index is 7.33. The van der Waals surface area contributed by atoms with Crippen molar-refractivity contribution in [3.63, 3.8) is 0 Å². The highest BCUT2D eigenvalue weighted by molar-refractivity contribution is 7.47. The summed E-state index contributed by atoms with van der Waals surface area (Å²) >= 11 is 0. The molecule has 8 rings (SSSR count). The molecular formula is C35H26NOP. The summed E-state index contributed by atoms with van der Waals surface area (Å²) in [5.41, 5.74) is 10.1. The molecule has 1 aromatic heterocycles. The van der Waals surface area contributed by atoms with Crippen LogP contribution < -0.4 is 10.0 Å². The first-order valence-electron chi connectivity index (χ1n) is 13.3. The van der Waals surface area contributed by atoms with Gasteiger partial charge in [-0.3, -0.25) is 0 Å². The number of benzene rings is 5. The van der Waals surface area contributed by atoms with E-state index in [9.17, 15) is 0 Å². The van der Waals surface area contributed by atoms with Crippen molar-refractivity contribution >= 4 is 24.8 Å². The molecule has 2 nitrogen and oxygen atoms in total. The van der Waals surface area contributed by atoms with E-state index in [1.165, 1.54) is 49.7 Å². The second kappa shape index (κ2) is 8.18. The molecule has 0 radical (unpaired) electrons. The van der Waals surface area contributed by atoms with Gasteiger partial charge < -0.3 is 9.30 Å². The zero-order valence-electron chi connectivity index (χ0n) is 21.1. The number of ether oxygens (including phenoxy) is 1. The van der Waals surface area contributed by atoms with E-state index in [0.29, 0.717) is 0 Å². The molecule has 0 bridgehead atoms. The molecule has 0 N–H and O–H groups in total. The van der Waals surface area contributed by atoms with Crippen LogP contribution in [-0.4, -0.2) is 10.7 Å². The van der Waals surface area contributed by atoms with Crippen molar-refractivity contribution in [1.82, 2.24) is 4.57 Å². The molecule has 2 unspecified atom stereocenters. The van der Waals surface area contributed by atoms with Crippen LogP contribution in [0.15, 0.2) is 121 Å². The summed E-state index contributed by atoms with van der Waals surface area (Å²) in [4.78, 5) is 0. The molecule has 3 heteroatoms. The van der Waals surface area contributed by atoms with Crippen LogP contribution in [0.4, 0.5) is 0 Å². The molecule has 0 saturated carbocycles. The number of para-hydroxylation sites is 3. The number of nitrogens with zero attached hydrogens (tertiary/aromatic N) is 1. The van der Waals surface area contributed by atoms with E-state index >= 15 is 0 Å². The third-order valence-electron chi connectivity index (χ3n) is 8.02. The van der Waals surface area contributed by atoms with Crippen molar-refractivity contribution in [3.8, 4) is 33.7 Å². The van der Waals surface area contributed by atoms with E-state index in [4.69, 9.17) is 4.74 Å². The molecule has 182 valence electrons. The Kier molecular flexibility index (Phi) is 4.72. The Hall–Kier alpha value is -4.13. The van der Waals surface area contributed by atoms with E-state index in [1.54, 1.807) is 0 Å². The lowest BCUT2D eigenvalue weighted by Crippen LogP contribution is -2.38. The van der Waals surface area contributed by atoms with Crippen LogP contribution in [0.2, 0.25) is 0 Å². The van der Waals surface area contributed by atoms with Gasteiger partial charge in [0, 0.05) is 33.3 Å². The molecule has 0 saturated heterocycles. The van der Waals surface area contributed by atoms with Crippen molar-refractivity contribution in [3.05, 3.63) is 138 Å². The van der Waals surface area contributed by atoms with Crippen LogP contribution >= 0.6 is 8.58 Å². The lowest BCUT2D eigenvalue weighted by atomic mass is 9.81. The molecule has 1 spiro atoms.